The largest absolute Gasteiger partial charge is 0.481 e. The number of rotatable bonds is 6. The minimum Gasteiger partial charge on any atom is -0.481 e. The Morgan fingerprint density at radius 3 is 2.85 bits per heavy atom. The Morgan fingerprint density at radius 1 is 1.35 bits per heavy atom. The predicted molar refractivity (Wildman–Crippen MR) is 73.3 cm³/mol. The van der Waals surface area contributed by atoms with Crippen LogP contribution in [0.3, 0.4) is 0 Å². The number of aliphatic carboxylic acids is 1. The van der Waals surface area contributed by atoms with Gasteiger partial charge in [-0.05, 0) is 35.6 Å². The first-order valence-electron chi connectivity index (χ1n) is 6.76. The smallest absolute Gasteiger partial charge is 0.303 e. The van der Waals surface area contributed by atoms with Crippen molar-refractivity contribution in [3.05, 3.63) is 34.9 Å². The Balaban J connectivity index is 1.84. The van der Waals surface area contributed by atoms with Gasteiger partial charge in [0.1, 0.15) is 0 Å². The highest BCUT2D eigenvalue weighted by Gasteiger charge is 2.14. The first-order valence-corrected chi connectivity index (χ1v) is 6.76. The van der Waals surface area contributed by atoms with Crippen molar-refractivity contribution in [3.8, 4) is 0 Å². The van der Waals surface area contributed by atoms with Crippen LogP contribution in [-0.2, 0) is 22.7 Å². The molecule has 0 aromatic heterocycles. The molecule has 1 aromatic carbocycles. The fourth-order valence-electron chi connectivity index (χ4n) is 2.15. The molecule has 0 fully saturated rings. The lowest BCUT2D eigenvalue weighted by molar-refractivity contribution is -0.137. The maximum Gasteiger partial charge on any atom is 0.303 e. The van der Waals surface area contributed by atoms with Crippen molar-refractivity contribution in [2.24, 2.45) is 5.92 Å². The summed E-state index contributed by atoms with van der Waals surface area (Å²) in [4.78, 5) is 22.5. The van der Waals surface area contributed by atoms with Gasteiger partial charge in [-0.25, -0.2) is 0 Å². The lowest BCUT2D eigenvalue weighted by Gasteiger charge is -2.12. The van der Waals surface area contributed by atoms with Crippen molar-refractivity contribution in [3.63, 3.8) is 0 Å². The van der Waals surface area contributed by atoms with Crippen molar-refractivity contribution in [2.75, 3.05) is 6.54 Å². The molecule has 0 saturated carbocycles. The number of carbonyl (C=O) groups is 2. The summed E-state index contributed by atoms with van der Waals surface area (Å²) >= 11 is 0. The molecule has 1 unspecified atom stereocenters. The van der Waals surface area contributed by atoms with Gasteiger partial charge < -0.3 is 15.2 Å². The van der Waals surface area contributed by atoms with E-state index in [1.165, 1.54) is 0 Å². The molecule has 0 spiro atoms. The zero-order valence-electron chi connectivity index (χ0n) is 11.5. The quantitative estimate of drug-likeness (QED) is 0.833. The van der Waals surface area contributed by atoms with Crippen LogP contribution in [0.1, 0.15) is 41.3 Å². The van der Waals surface area contributed by atoms with Crippen LogP contribution < -0.4 is 5.32 Å². The standard InChI is InChI=1S/C15H19NO4/c1-10(2-5-14(17)18)7-16-15(19)11-3-4-12-8-20-9-13(12)6-11/h3-4,6,10H,2,5,7-9H2,1H3,(H,16,19)(H,17,18). The maximum atomic E-state index is 12.0. The summed E-state index contributed by atoms with van der Waals surface area (Å²) in [6.07, 6.45) is 0.695. The summed E-state index contributed by atoms with van der Waals surface area (Å²) in [7, 11) is 0. The van der Waals surface area contributed by atoms with Gasteiger partial charge in [0, 0.05) is 18.5 Å². The third-order valence-corrected chi connectivity index (χ3v) is 3.45. The number of ether oxygens (including phenoxy) is 1. The van der Waals surface area contributed by atoms with Gasteiger partial charge in [-0.1, -0.05) is 13.0 Å². The number of hydrogen-bond donors (Lipinski definition) is 2. The molecule has 2 rings (SSSR count). The number of nitrogens with one attached hydrogen (secondary N) is 1. The van der Waals surface area contributed by atoms with Crippen LogP contribution >= 0.6 is 0 Å². The molecule has 108 valence electrons. The Labute approximate surface area is 117 Å². The molecule has 0 radical (unpaired) electrons. The molecule has 1 amide bonds. The number of carboxylic acids is 1. The number of amides is 1. The molecule has 1 aliphatic rings. The van der Waals surface area contributed by atoms with E-state index in [9.17, 15) is 9.59 Å². The van der Waals surface area contributed by atoms with Crippen molar-refractivity contribution in [1.29, 1.82) is 0 Å². The van der Waals surface area contributed by atoms with Crippen molar-refractivity contribution >= 4 is 11.9 Å². The Morgan fingerprint density at radius 2 is 2.10 bits per heavy atom. The average Bonchev–Trinajstić information content (AvgIpc) is 2.89. The molecule has 2 N–H and O–H groups in total. The lowest BCUT2D eigenvalue weighted by atomic mass is 10.0. The summed E-state index contributed by atoms with van der Waals surface area (Å²) in [6, 6.07) is 5.58. The van der Waals surface area contributed by atoms with Crippen LogP contribution in [0.5, 0.6) is 0 Å². The highest BCUT2D eigenvalue weighted by molar-refractivity contribution is 5.94. The SMILES string of the molecule is CC(CCC(=O)O)CNC(=O)c1ccc2c(c1)COC2. The van der Waals surface area contributed by atoms with E-state index in [0.29, 0.717) is 31.7 Å². The van der Waals surface area contributed by atoms with E-state index < -0.39 is 5.97 Å². The molecule has 1 atom stereocenters. The number of carboxylic acid groups (broad SMARTS) is 1. The summed E-state index contributed by atoms with van der Waals surface area (Å²) in [5, 5.41) is 11.4. The Hall–Kier alpha value is -1.88. The van der Waals surface area contributed by atoms with Crippen LogP contribution in [0, 0.1) is 5.92 Å². The summed E-state index contributed by atoms with van der Waals surface area (Å²) in [5.41, 5.74) is 2.83. The summed E-state index contributed by atoms with van der Waals surface area (Å²) in [5.74, 6) is -0.781. The van der Waals surface area contributed by atoms with Gasteiger partial charge in [-0.2, -0.15) is 0 Å². The van der Waals surface area contributed by atoms with Gasteiger partial charge in [-0.15, -0.1) is 0 Å². The third kappa shape index (κ3) is 3.81. The van der Waals surface area contributed by atoms with Crippen LogP contribution in [0.2, 0.25) is 0 Å². The van der Waals surface area contributed by atoms with Crippen LogP contribution in [0.4, 0.5) is 0 Å². The van der Waals surface area contributed by atoms with Gasteiger partial charge in [0.15, 0.2) is 0 Å². The Bertz CT molecular complexity index is 513. The third-order valence-electron chi connectivity index (χ3n) is 3.45. The average molecular weight is 277 g/mol. The fourth-order valence-corrected chi connectivity index (χ4v) is 2.15. The lowest BCUT2D eigenvalue weighted by Crippen LogP contribution is -2.28. The topological polar surface area (TPSA) is 75.6 Å². The molecule has 0 saturated heterocycles. The molecule has 1 aliphatic heterocycles. The molecule has 20 heavy (non-hydrogen) atoms. The monoisotopic (exact) mass is 277 g/mol. The molecule has 5 nitrogen and oxygen atoms in total. The van der Waals surface area contributed by atoms with Crippen molar-refractivity contribution in [1.82, 2.24) is 5.32 Å². The van der Waals surface area contributed by atoms with Crippen LogP contribution in [0.25, 0.3) is 0 Å². The van der Waals surface area contributed by atoms with E-state index in [1.807, 2.05) is 19.1 Å². The van der Waals surface area contributed by atoms with E-state index in [0.717, 1.165) is 11.1 Å². The molecule has 0 bridgehead atoms. The first-order chi connectivity index (χ1) is 9.56. The zero-order chi connectivity index (χ0) is 14.5. The highest BCUT2D eigenvalue weighted by atomic mass is 16.5. The molecule has 0 aliphatic carbocycles. The number of fused-ring (bicyclic) bond motifs is 1. The van der Waals surface area contributed by atoms with Gasteiger partial charge in [0.25, 0.3) is 5.91 Å². The van der Waals surface area contributed by atoms with Gasteiger partial charge >= 0.3 is 5.97 Å². The van der Waals surface area contributed by atoms with Crippen LogP contribution in [-0.4, -0.2) is 23.5 Å². The minimum absolute atomic E-state index is 0.123. The van der Waals surface area contributed by atoms with Crippen molar-refractivity contribution in [2.45, 2.75) is 33.0 Å². The Kier molecular flexibility index (Phi) is 4.74. The molecule has 1 aromatic rings. The van der Waals surface area contributed by atoms with E-state index in [4.69, 9.17) is 9.84 Å². The highest BCUT2D eigenvalue weighted by Crippen LogP contribution is 2.20. The maximum absolute atomic E-state index is 12.0. The number of hydrogen-bond acceptors (Lipinski definition) is 3. The molecular formula is C15H19NO4. The second kappa shape index (κ2) is 6.52. The minimum atomic E-state index is -0.804. The molecular weight excluding hydrogens is 258 g/mol. The number of carbonyl (C=O) groups excluding carboxylic acids is 1. The van der Waals surface area contributed by atoms with E-state index in [1.54, 1.807) is 6.07 Å². The van der Waals surface area contributed by atoms with Crippen molar-refractivity contribution < 1.29 is 19.4 Å². The van der Waals surface area contributed by atoms with E-state index in [-0.39, 0.29) is 18.2 Å². The molecule has 5 heteroatoms. The van der Waals surface area contributed by atoms with Gasteiger partial charge in [-0.3, -0.25) is 9.59 Å². The molecule has 1 heterocycles. The fraction of sp³-hybridized carbons (Fsp3) is 0.467. The second-order valence-corrected chi connectivity index (χ2v) is 5.22. The second-order valence-electron chi connectivity index (χ2n) is 5.22. The summed E-state index contributed by atoms with van der Waals surface area (Å²) in [6.45, 7) is 3.59. The first kappa shape index (κ1) is 14.5. The van der Waals surface area contributed by atoms with Gasteiger partial charge in [0.2, 0.25) is 0 Å². The van der Waals surface area contributed by atoms with E-state index >= 15 is 0 Å². The predicted octanol–water partition coefficient (Wildman–Crippen LogP) is 1.95. The number of benzene rings is 1. The normalized spacial score (nSPS) is 14.7. The van der Waals surface area contributed by atoms with E-state index in [2.05, 4.69) is 5.32 Å². The summed E-state index contributed by atoms with van der Waals surface area (Å²) < 4.78 is 5.31. The zero-order valence-corrected chi connectivity index (χ0v) is 11.5. The van der Waals surface area contributed by atoms with Gasteiger partial charge in [0.05, 0.1) is 13.2 Å². The van der Waals surface area contributed by atoms with Crippen LogP contribution in [0.15, 0.2) is 18.2 Å².